The number of carbonyl (C=O) groups is 6. The quantitative estimate of drug-likeness (QED) is 0.142. The Morgan fingerprint density at radius 2 is 1.63 bits per heavy atom. The fourth-order valence-corrected chi connectivity index (χ4v) is 10.0. The minimum Gasteiger partial charge on any atom is -0.460 e. The molecule has 4 aliphatic rings. The van der Waals surface area contributed by atoms with Crippen molar-refractivity contribution in [1.82, 2.24) is 5.32 Å². The number of benzene rings is 1. The van der Waals surface area contributed by atoms with Gasteiger partial charge in [0.1, 0.15) is 23.9 Å². The van der Waals surface area contributed by atoms with Gasteiger partial charge in [0, 0.05) is 38.0 Å². The Bertz CT molecular complexity index is 1880. The Balaban J connectivity index is 1.70. The first-order valence-corrected chi connectivity index (χ1v) is 23.7. The molecule has 5 rings (SSSR count). The van der Waals surface area contributed by atoms with Crippen molar-refractivity contribution in [3.05, 3.63) is 47.2 Å². The molecular weight excluding hydrogens is 787 g/mol. The summed E-state index contributed by atoms with van der Waals surface area (Å²) in [6, 6.07) is 6.67. The van der Waals surface area contributed by atoms with E-state index in [1.165, 1.54) is 19.1 Å². The average molecular weight is 846 g/mol. The van der Waals surface area contributed by atoms with Crippen LogP contribution in [0.15, 0.2) is 41.7 Å². The van der Waals surface area contributed by atoms with Gasteiger partial charge >= 0.3 is 30.0 Å². The summed E-state index contributed by atoms with van der Waals surface area (Å²) in [6.45, 7) is 17.4. The van der Waals surface area contributed by atoms with E-state index in [-0.39, 0.29) is 30.4 Å². The van der Waals surface area contributed by atoms with Crippen LogP contribution in [0.5, 0.6) is 0 Å². The van der Waals surface area contributed by atoms with E-state index in [1.54, 1.807) is 52.8 Å². The van der Waals surface area contributed by atoms with Crippen LogP contribution in [0.3, 0.4) is 0 Å². The molecule has 0 aromatic heterocycles. The van der Waals surface area contributed by atoms with Gasteiger partial charge in [0.05, 0.1) is 50.0 Å². The van der Waals surface area contributed by atoms with Crippen molar-refractivity contribution in [3.8, 4) is 0 Å². The summed E-state index contributed by atoms with van der Waals surface area (Å²) < 4.78 is 35.4. The summed E-state index contributed by atoms with van der Waals surface area (Å²) >= 11 is 0. The molecule has 1 aromatic carbocycles. The van der Waals surface area contributed by atoms with Gasteiger partial charge < -0.3 is 49.1 Å². The number of esters is 4. The lowest BCUT2D eigenvalue weighted by molar-refractivity contribution is -0.345. The lowest BCUT2D eigenvalue weighted by Gasteiger charge is -2.67. The van der Waals surface area contributed by atoms with Crippen LogP contribution in [-0.2, 0) is 47.6 Å². The van der Waals surface area contributed by atoms with Crippen LogP contribution < -0.4 is 5.32 Å². The van der Waals surface area contributed by atoms with Crippen LogP contribution >= 0.6 is 0 Å². The maximum Gasteiger partial charge on any atom is 0.407 e. The van der Waals surface area contributed by atoms with Gasteiger partial charge in [-0.2, -0.15) is 0 Å². The zero-order valence-corrected chi connectivity index (χ0v) is 36.7. The Kier molecular flexibility index (Phi) is 12.7. The number of alkyl carbamates (subject to hydrolysis) is 1. The summed E-state index contributed by atoms with van der Waals surface area (Å²) in [5.41, 5.74) is -7.75. The molecule has 2 saturated carbocycles. The largest absolute Gasteiger partial charge is 0.460 e. The van der Waals surface area contributed by atoms with Gasteiger partial charge in [-0.1, -0.05) is 72.5 Å². The number of rotatable bonds is 11. The number of carbonyl (C=O) groups excluding carboxylic acids is 6. The van der Waals surface area contributed by atoms with Gasteiger partial charge in [0.25, 0.3) is 0 Å². The van der Waals surface area contributed by atoms with Gasteiger partial charge in [-0.05, 0) is 30.5 Å². The number of aliphatic hydroxyl groups is 3. The highest BCUT2D eigenvalue weighted by molar-refractivity contribution is 6.76. The topological polar surface area (TPSA) is 231 Å². The van der Waals surface area contributed by atoms with Crippen molar-refractivity contribution < 1.29 is 72.5 Å². The number of Topliss-reactive ketones (excluding diaryl/α,β-unsaturated/α-hetero) is 1. The highest BCUT2D eigenvalue weighted by atomic mass is 28.3. The monoisotopic (exact) mass is 845 g/mol. The number of ether oxygens (including phenoxy) is 6. The van der Waals surface area contributed by atoms with E-state index in [0.29, 0.717) is 0 Å². The minimum atomic E-state index is -2.37. The number of nitrogens with one attached hydrogen (secondary N) is 1. The van der Waals surface area contributed by atoms with Crippen molar-refractivity contribution >= 4 is 43.8 Å². The predicted molar refractivity (Wildman–Crippen MR) is 211 cm³/mol. The molecule has 1 amide bonds. The van der Waals surface area contributed by atoms with E-state index in [1.807, 2.05) is 19.6 Å². The van der Waals surface area contributed by atoms with E-state index in [9.17, 15) is 39.3 Å². The molecule has 3 fully saturated rings. The average Bonchev–Trinajstić information content (AvgIpc) is 3.13. The maximum absolute atomic E-state index is 15.4. The molecule has 3 aliphatic carbocycles. The van der Waals surface area contributed by atoms with Crippen molar-refractivity contribution in [1.29, 1.82) is 0 Å². The SMILES string of the molecule is CC(=O)OC1=C2C(C)[C@@H](OC(=O)[C@H](O)[C@@H](NC(=O)OC[Si](C)(C)C)C(C)C)C[C@@](O)([C@@H](OC(=O)c3ccccc3)[C@@H]3[C@]4(OC(C)=O)CO[C@@H]4C[C@H](O)[C@@]3(C)C1=O)C2(C)C. The predicted octanol–water partition coefficient (Wildman–Crippen LogP) is 3.40. The van der Waals surface area contributed by atoms with E-state index < -0.39 is 132 Å². The molecule has 0 radical (unpaired) electrons. The van der Waals surface area contributed by atoms with E-state index in [0.717, 1.165) is 13.8 Å². The summed E-state index contributed by atoms with van der Waals surface area (Å²) in [4.78, 5) is 82.2. The van der Waals surface area contributed by atoms with Crippen LogP contribution in [-0.4, -0.2) is 120 Å². The smallest absolute Gasteiger partial charge is 0.407 e. The van der Waals surface area contributed by atoms with Crippen molar-refractivity contribution in [2.75, 3.05) is 12.8 Å². The van der Waals surface area contributed by atoms with E-state index in [2.05, 4.69) is 5.32 Å². The molecule has 17 heteroatoms. The Labute approximate surface area is 345 Å². The Morgan fingerprint density at radius 3 is 2.15 bits per heavy atom. The Hall–Kier alpha value is -4.16. The second-order valence-electron chi connectivity index (χ2n) is 18.7. The van der Waals surface area contributed by atoms with Crippen molar-refractivity contribution in [2.24, 2.45) is 28.6 Å². The highest BCUT2D eigenvalue weighted by Crippen LogP contribution is 2.65. The molecule has 4 N–H and O–H groups in total. The van der Waals surface area contributed by atoms with E-state index >= 15 is 4.79 Å². The molecule has 1 unspecified atom stereocenters. The molecular formula is C42H59NO15Si. The number of amides is 1. The number of aliphatic hydroxyl groups excluding tert-OH is 2. The normalized spacial score (nSPS) is 33.4. The second-order valence-corrected chi connectivity index (χ2v) is 24.1. The zero-order chi connectivity index (χ0) is 44.2. The second kappa shape index (κ2) is 16.4. The summed E-state index contributed by atoms with van der Waals surface area (Å²) in [7, 11) is -1.81. The first-order valence-electron chi connectivity index (χ1n) is 20.0. The molecule has 1 aliphatic heterocycles. The van der Waals surface area contributed by atoms with Crippen LogP contribution in [0.25, 0.3) is 0 Å². The molecule has 1 aromatic rings. The standard InChI is InChI=1S/C42H59NO15Si/c1-21(2)30(43-38(51)54-20-59(9,10)11)31(47)37(50)56-26-18-42(52)35(57-36(49)25-15-13-12-14-16-25)33-40(8,27(46)17-28-41(33,19-53-28)58-24(5)45)34(48)32(55-23(4)44)29(22(26)3)39(42,6)7/h12-16,21-22,26-28,30-31,33,35,46-47,52H,17-20H2,1-11H3,(H,43,51)/t22?,26-,27-,28+,30-,31+,33-,35-,40+,41-,42+/m0/s1. The van der Waals surface area contributed by atoms with Gasteiger partial charge in [0.2, 0.25) is 5.78 Å². The lowest BCUT2D eigenvalue weighted by Crippen LogP contribution is -2.81. The third-order valence-electron chi connectivity index (χ3n) is 12.7. The van der Waals surface area contributed by atoms with Gasteiger partial charge in [-0.15, -0.1) is 0 Å². The molecule has 59 heavy (non-hydrogen) atoms. The number of fused-ring (bicyclic) bond motifs is 5. The third kappa shape index (κ3) is 8.20. The van der Waals surface area contributed by atoms with Crippen LogP contribution in [0.4, 0.5) is 4.79 Å². The van der Waals surface area contributed by atoms with E-state index in [4.69, 9.17) is 28.4 Å². The molecule has 1 heterocycles. The fraction of sp³-hybridized carbons (Fsp3) is 0.667. The third-order valence-corrected chi connectivity index (χ3v) is 13.7. The summed E-state index contributed by atoms with van der Waals surface area (Å²) in [5.74, 6) is -8.31. The van der Waals surface area contributed by atoms with Gasteiger partial charge in [-0.25, -0.2) is 14.4 Å². The molecule has 2 bridgehead atoms. The zero-order valence-electron chi connectivity index (χ0n) is 35.7. The van der Waals surface area contributed by atoms with Gasteiger partial charge in [0.15, 0.2) is 17.5 Å². The molecule has 326 valence electrons. The summed E-state index contributed by atoms with van der Waals surface area (Å²) in [6.07, 6.45) is -9.08. The molecule has 11 atom stereocenters. The number of hydrogen-bond donors (Lipinski definition) is 4. The first kappa shape index (κ1) is 45.9. The van der Waals surface area contributed by atoms with Crippen LogP contribution in [0.1, 0.15) is 78.6 Å². The van der Waals surface area contributed by atoms with Gasteiger partial charge in [-0.3, -0.25) is 14.4 Å². The van der Waals surface area contributed by atoms with Crippen LogP contribution in [0, 0.1) is 28.6 Å². The molecule has 0 spiro atoms. The maximum atomic E-state index is 15.4. The minimum absolute atomic E-state index is 0.00773. The first-order chi connectivity index (χ1) is 27.2. The van der Waals surface area contributed by atoms with Crippen molar-refractivity contribution in [3.63, 3.8) is 0 Å². The fourth-order valence-electron chi connectivity index (χ4n) is 9.45. The highest BCUT2D eigenvalue weighted by Gasteiger charge is 2.78. The number of hydrogen-bond acceptors (Lipinski definition) is 15. The Morgan fingerprint density at radius 1 is 1.00 bits per heavy atom. The van der Waals surface area contributed by atoms with Crippen LogP contribution in [0.2, 0.25) is 19.6 Å². The molecule has 16 nitrogen and oxygen atoms in total. The summed E-state index contributed by atoms with van der Waals surface area (Å²) in [5, 5.41) is 39.6. The number of allylic oxidation sites excluding steroid dienone is 1. The lowest BCUT2D eigenvalue weighted by atomic mass is 9.45. The molecule has 1 saturated heterocycles. The number of ketones is 1. The van der Waals surface area contributed by atoms with Crippen molar-refractivity contribution in [2.45, 2.75) is 136 Å².